The van der Waals surface area contributed by atoms with E-state index in [1.807, 2.05) is 126 Å². The van der Waals surface area contributed by atoms with Crippen molar-refractivity contribution >= 4 is 84.0 Å². The molecule has 3 rings (SSSR count). The molecule has 0 fully saturated rings. The summed E-state index contributed by atoms with van der Waals surface area (Å²) in [6, 6.07) is 30.3. The lowest BCUT2D eigenvalue weighted by atomic mass is 10.4. The second-order valence-corrected chi connectivity index (χ2v) is 42.1. The van der Waals surface area contributed by atoms with Gasteiger partial charge in [0.2, 0.25) is 0 Å². The third-order valence-corrected chi connectivity index (χ3v) is 38.3. The zero-order valence-corrected chi connectivity index (χ0v) is 44.1. The standard InChI is InChI=1S/C22H34O5Si4.C16H32O5Si4/c1-9-29(7,23-3)25-28(5,6)26-31(21-17-13-11-14-18-21,22-19-15-12-16-20-22)27-30(8,10-2)24-4;1-10-24(8,18-3)21-25(9,16-14-12-11-13-15-16)20-23(6,7)19-22(4,5)17-2/h9-20H,1-2H2,3-8H3;10-15H,1H2,2-9H3. The lowest BCUT2D eigenvalue weighted by molar-refractivity contribution is 0.251. The predicted molar refractivity (Wildman–Crippen MR) is 248 cm³/mol. The molecule has 10 nitrogen and oxygen atoms in total. The van der Waals surface area contributed by atoms with E-state index in [9.17, 15) is 0 Å². The van der Waals surface area contributed by atoms with Gasteiger partial charge in [-0.2, -0.15) is 0 Å². The normalized spacial score (nSPS) is 16.8. The summed E-state index contributed by atoms with van der Waals surface area (Å²) in [5.41, 5.74) is 5.35. The molecule has 0 spiro atoms. The Balaban J connectivity index is 0.000000396. The number of benzene rings is 3. The highest BCUT2D eigenvalue weighted by Gasteiger charge is 2.54. The molecule has 4 unspecified atom stereocenters. The van der Waals surface area contributed by atoms with E-state index in [1.54, 1.807) is 45.5 Å². The summed E-state index contributed by atoms with van der Waals surface area (Å²) in [6.07, 6.45) is 0. The van der Waals surface area contributed by atoms with E-state index in [1.165, 1.54) is 0 Å². The van der Waals surface area contributed by atoms with Gasteiger partial charge in [0, 0.05) is 28.4 Å². The first-order chi connectivity index (χ1) is 26.0. The molecule has 18 heteroatoms. The highest BCUT2D eigenvalue weighted by molar-refractivity contribution is 7.02. The van der Waals surface area contributed by atoms with Crippen molar-refractivity contribution in [2.45, 2.75) is 65.5 Å². The van der Waals surface area contributed by atoms with Crippen LogP contribution in [0.2, 0.25) is 65.5 Å². The minimum absolute atomic E-state index is 0.988. The number of hydrogen-bond donors (Lipinski definition) is 0. The molecule has 310 valence electrons. The van der Waals surface area contributed by atoms with Crippen molar-refractivity contribution < 1.29 is 42.4 Å². The molecule has 3 aromatic rings. The van der Waals surface area contributed by atoms with Crippen molar-refractivity contribution in [3.05, 3.63) is 128 Å². The van der Waals surface area contributed by atoms with Gasteiger partial charge in [-0.25, -0.2) is 0 Å². The summed E-state index contributed by atoms with van der Waals surface area (Å²) >= 11 is 0. The van der Waals surface area contributed by atoms with Crippen molar-refractivity contribution in [3.63, 3.8) is 0 Å². The quantitative estimate of drug-likeness (QED) is 0.0952. The van der Waals surface area contributed by atoms with E-state index in [-0.39, 0.29) is 0 Å². The van der Waals surface area contributed by atoms with Crippen LogP contribution in [0.5, 0.6) is 0 Å². The van der Waals surface area contributed by atoms with Gasteiger partial charge in [-0.3, -0.25) is 0 Å². The molecule has 0 aliphatic carbocycles. The molecule has 3 aromatic carbocycles. The molecular formula is C38H66O10Si8. The molecule has 0 radical (unpaired) electrons. The van der Waals surface area contributed by atoms with Gasteiger partial charge in [0.1, 0.15) is 0 Å². The Morgan fingerprint density at radius 2 is 0.696 bits per heavy atom. The molecular weight excluding hydrogens is 841 g/mol. The summed E-state index contributed by atoms with van der Waals surface area (Å²) < 4.78 is 62.7. The van der Waals surface area contributed by atoms with Crippen LogP contribution in [-0.2, 0) is 42.4 Å². The van der Waals surface area contributed by atoms with Crippen LogP contribution < -0.4 is 15.6 Å². The zero-order chi connectivity index (χ0) is 42.5. The van der Waals surface area contributed by atoms with Crippen LogP contribution in [0, 0.1) is 0 Å². The Kier molecular flexibility index (Phi) is 18.8. The van der Waals surface area contributed by atoms with Crippen LogP contribution in [0.25, 0.3) is 0 Å². The Morgan fingerprint density at radius 3 is 1.05 bits per heavy atom. The van der Waals surface area contributed by atoms with Gasteiger partial charge in [0.25, 0.3) is 0 Å². The highest BCUT2D eigenvalue weighted by atomic mass is 28.5. The first-order valence-electron chi connectivity index (χ1n) is 18.5. The maximum atomic E-state index is 7.04. The fraction of sp³-hybridized carbons (Fsp3) is 0.368. The van der Waals surface area contributed by atoms with Gasteiger partial charge in [-0.15, -0.1) is 19.7 Å². The van der Waals surface area contributed by atoms with Crippen molar-refractivity contribution in [1.82, 2.24) is 0 Å². The van der Waals surface area contributed by atoms with Crippen LogP contribution in [-0.4, -0.2) is 96.9 Å². The molecule has 4 atom stereocenters. The average molecular weight is 908 g/mol. The average Bonchev–Trinajstić information content (AvgIpc) is 3.17. The van der Waals surface area contributed by atoms with E-state index in [0.717, 1.165) is 15.6 Å². The van der Waals surface area contributed by atoms with E-state index < -0.39 is 68.5 Å². The molecule has 0 aliphatic rings. The van der Waals surface area contributed by atoms with Crippen LogP contribution in [0.4, 0.5) is 0 Å². The molecule has 0 aromatic heterocycles. The summed E-state index contributed by atoms with van der Waals surface area (Å²) in [4.78, 5) is 0. The minimum atomic E-state index is -3.25. The molecule has 0 bridgehead atoms. The van der Waals surface area contributed by atoms with Crippen molar-refractivity contribution in [2.75, 3.05) is 28.4 Å². The SMILES string of the molecule is C=C[Si](C)(OC)O[Si](C)(C)O[Si](O[Si](C)(C=C)OC)(c1ccccc1)c1ccccc1.C=C[Si](C)(OC)O[Si](C)(O[Si](C)(C)O[Si](C)(C)OC)c1ccccc1. The topological polar surface area (TPSA) is 92.3 Å². The molecule has 0 N–H and O–H groups in total. The van der Waals surface area contributed by atoms with Crippen LogP contribution >= 0.6 is 0 Å². The smallest absolute Gasteiger partial charge is 0.389 e. The van der Waals surface area contributed by atoms with Gasteiger partial charge in [-0.05, 0) is 81.0 Å². The highest BCUT2D eigenvalue weighted by Crippen LogP contribution is 2.27. The Morgan fingerprint density at radius 1 is 0.357 bits per heavy atom. The van der Waals surface area contributed by atoms with Gasteiger partial charge in [0.05, 0.1) is 0 Å². The molecule has 56 heavy (non-hydrogen) atoms. The first-order valence-corrected chi connectivity index (χ1v) is 38.2. The summed E-state index contributed by atoms with van der Waals surface area (Å²) in [7, 11) is -14.7. The zero-order valence-electron chi connectivity index (χ0n) is 36.1. The van der Waals surface area contributed by atoms with Gasteiger partial charge in [-0.1, -0.05) is 108 Å². The molecule has 0 amide bonds. The van der Waals surface area contributed by atoms with Gasteiger partial charge < -0.3 is 42.4 Å². The summed E-state index contributed by atoms with van der Waals surface area (Å²) in [5.74, 6) is 0. The first kappa shape index (κ1) is 50.4. The maximum Gasteiger partial charge on any atom is 0.389 e. The second kappa shape index (κ2) is 21.0. The number of rotatable bonds is 22. The van der Waals surface area contributed by atoms with Crippen molar-refractivity contribution in [3.8, 4) is 0 Å². The molecule has 0 saturated heterocycles. The Bertz CT molecular complexity index is 1640. The van der Waals surface area contributed by atoms with Crippen molar-refractivity contribution in [1.29, 1.82) is 0 Å². The molecule has 0 aliphatic heterocycles. The second-order valence-electron chi connectivity index (χ2n) is 14.9. The van der Waals surface area contributed by atoms with Crippen molar-refractivity contribution in [2.24, 2.45) is 0 Å². The Labute approximate surface area is 346 Å². The fourth-order valence-electron chi connectivity index (χ4n) is 5.77. The summed E-state index contributed by atoms with van der Waals surface area (Å²) in [6.45, 7) is 31.9. The van der Waals surface area contributed by atoms with Crippen LogP contribution in [0.1, 0.15) is 0 Å². The lowest BCUT2D eigenvalue weighted by Gasteiger charge is -2.43. The minimum Gasteiger partial charge on any atom is -0.415 e. The number of hydrogen-bond acceptors (Lipinski definition) is 10. The molecule has 0 saturated carbocycles. The maximum absolute atomic E-state index is 7.04. The summed E-state index contributed by atoms with van der Waals surface area (Å²) in [5, 5.41) is 3.03. The van der Waals surface area contributed by atoms with Gasteiger partial charge >= 0.3 is 68.5 Å². The Hall–Kier alpha value is -1.78. The lowest BCUT2D eigenvalue weighted by Crippen LogP contribution is -2.72. The van der Waals surface area contributed by atoms with E-state index >= 15 is 0 Å². The van der Waals surface area contributed by atoms with Gasteiger partial charge in [0.15, 0.2) is 0 Å². The van der Waals surface area contributed by atoms with E-state index in [4.69, 9.17) is 42.4 Å². The van der Waals surface area contributed by atoms with Crippen LogP contribution in [0.15, 0.2) is 128 Å². The van der Waals surface area contributed by atoms with E-state index in [0.29, 0.717) is 0 Å². The monoisotopic (exact) mass is 906 g/mol. The van der Waals surface area contributed by atoms with Crippen LogP contribution in [0.3, 0.4) is 0 Å². The van der Waals surface area contributed by atoms with E-state index in [2.05, 4.69) is 50.5 Å². The largest absolute Gasteiger partial charge is 0.415 e. The predicted octanol–water partition coefficient (Wildman–Crippen LogP) is 7.39. The molecule has 0 heterocycles. The fourth-order valence-corrected chi connectivity index (χ4v) is 36.5. The third-order valence-electron chi connectivity index (χ3n) is 8.94. The third kappa shape index (κ3) is 14.5.